The number of imidazole rings is 1. The molecule has 0 fully saturated rings. The summed E-state index contributed by atoms with van der Waals surface area (Å²) in [5, 5.41) is 17.7. The molecule has 0 bridgehead atoms. The Bertz CT molecular complexity index is 386. The summed E-state index contributed by atoms with van der Waals surface area (Å²) >= 11 is 0. The molecule has 1 rings (SSSR count). The summed E-state index contributed by atoms with van der Waals surface area (Å²) in [4.78, 5) is 25.5. The average molecular weight is 226 g/mol. The van der Waals surface area contributed by atoms with Gasteiger partial charge in [0, 0.05) is 12.4 Å². The number of aromatic nitrogens is 2. The van der Waals surface area contributed by atoms with Crippen LogP contribution in [0.2, 0.25) is 0 Å². The van der Waals surface area contributed by atoms with Crippen LogP contribution in [0.5, 0.6) is 0 Å². The molecule has 0 aromatic carbocycles. The van der Waals surface area contributed by atoms with Crippen molar-refractivity contribution in [3.8, 4) is 0 Å². The van der Waals surface area contributed by atoms with Gasteiger partial charge in [-0.05, 0) is 6.42 Å². The fraction of sp³-hybridized carbons (Fsp3) is 0.500. The van der Waals surface area contributed by atoms with E-state index in [0.29, 0.717) is 18.7 Å². The van der Waals surface area contributed by atoms with Crippen molar-refractivity contribution in [2.45, 2.75) is 32.2 Å². The maximum atomic E-state index is 11.0. The van der Waals surface area contributed by atoms with E-state index in [2.05, 4.69) is 4.98 Å². The van der Waals surface area contributed by atoms with E-state index in [1.54, 1.807) is 0 Å². The number of carbonyl (C=O) groups is 2. The molecule has 0 aliphatic heterocycles. The van der Waals surface area contributed by atoms with Crippen LogP contribution in [-0.2, 0) is 16.1 Å². The standard InChI is InChI=1S/C10H14N2O4/c1-2-3-7(10(15)16)9-11-4-5-12(9)6-8(13)14/h4-5,7H,2-3,6H2,1H3,(H,13,14)(H,15,16). The summed E-state index contributed by atoms with van der Waals surface area (Å²) in [5.74, 6) is -2.42. The molecular formula is C10H14N2O4. The lowest BCUT2D eigenvalue weighted by Crippen LogP contribution is -2.19. The second-order valence-corrected chi connectivity index (χ2v) is 3.49. The maximum absolute atomic E-state index is 11.0. The van der Waals surface area contributed by atoms with Crippen LogP contribution < -0.4 is 0 Å². The van der Waals surface area contributed by atoms with Gasteiger partial charge in [0.1, 0.15) is 18.3 Å². The second kappa shape index (κ2) is 5.29. The molecule has 1 heterocycles. The van der Waals surface area contributed by atoms with Crippen molar-refractivity contribution in [3.63, 3.8) is 0 Å². The van der Waals surface area contributed by atoms with Gasteiger partial charge in [-0.3, -0.25) is 9.59 Å². The highest BCUT2D eigenvalue weighted by atomic mass is 16.4. The Labute approximate surface area is 92.5 Å². The molecule has 1 unspecified atom stereocenters. The molecule has 0 aliphatic rings. The molecule has 16 heavy (non-hydrogen) atoms. The zero-order valence-corrected chi connectivity index (χ0v) is 8.96. The molecule has 6 heteroatoms. The van der Waals surface area contributed by atoms with Crippen LogP contribution in [-0.4, -0.2) is 31.7 Å². The topological polar surface area (TPSA) is 92.4 Å². The highest BCUT2D eigenvalue weighted by Crippen LogP contribution is 2.19. The Hall–Kier alpha value is -1.85. The Morgan fingerprint density at radius 2 is 2.19 bits per heavy atom. The minimum atomic E-state index is -1.01. The SMILES string of the molecule is CCCC(C(=O)O)c1nccn1CC(=O)O. The van der Waals surface area contributed by atoms with Gasteiger partial charge in [0.25, 0.3) is 0 Å². The first kappa shape index (κ1) is 12.2. The van der Waals surface area contributed by atoms with Crippen molar-refractivity contribution in [3.05, 3.63) is 18.2 Å². The number of carboxylic acid groups (broad SMARTS) is 2. The molecule has 1 aromatic heterocycles. The van der Waals surface area contributed by atoms with Gasteiger partial charge in [0.2, 0.25) is 0 Å². The summed E-state index contributed by atoms with van der Waals surface area (Å²) in [7, 11) is 0. The highest BCUT2D eigenvalue weighted by Gasteiger charge is 2.24. The second-order valence-electron chi connectivity index (χ2n) is 3.49. The van der Waals surface area contributed by atoms with E-state index in [0.717, 1.165) is 0 Å². The molecule has 0 saturated carbocycles. The third kappa shape index (κ3) is 2.82. The van der Waals surface area contributed by atoms with E-state index in [9.17, 15) is 9.59 Å². The lowest BCUT2D eigenvalue weighted by Gasteiger charge is -2.12. The summed E-state index contributed by atoms with van der Waals surface area (Å²) in [6, 6.07) is 0. The van der Waals surface area contributed by atoms with Gasteiger partial charge in [-0.15, -0.1) is 0 Å². The van der Waals surface area contributed by atoms with Gasteiger partial charge >= 0.3 is 11.9 Å². The third-order valence-electron chi connectivity index (χ3n) is 2.24. The predicted molar refractivity (Wildman–Crippen MR) is 55.1 cm³/mol. The highest BCUT2D eigenvalue weighted by molar-refractivity contribution is 5.75. The van der Waals surface area contributed by atoms with Crippen molar-refractivity contribution in [2.24, 2.45) is 0 Å². The molecule has 0 aliphatic carbocycles. The van der Waals surface area contributed by atoms with Gasteiger partial charge in [-0.2, -0.15) is 0 Å². The molecule has 0 radical (unpaired) electrons. The summed E-state index contributed by atoms with van der Waals surface area (Å²) in [6.45, 7) is 1.61. The van der Waals surface area contributed by atoms with Crippen molar-refractivity contribution in [1.82, 2.24) is 9.55 Å². The Kier molecular flexibility index (Phi) is 4.04. The van der Waals surface area contributed by atoms with Gasteiger partial charge in [-0.1, -0.05) is 13.3 Å². The smallest absolute Gasteiger partial charge is 0.323 e. The fourth-order valence-corrected chi connectivity index (χ4v) is 1.56. The van der Waals surface area contributed by atoms with Crippen molar-refractivity contribution in [1.29, 1.82) is 0 Å². The summed E-state index contributed by atoms with van der Waals surface area (Å²) in [5.41, 5.74) is 0. The third-order valence-corrected chi connectivity index (χ3v) is 2.24. The van der Waals surface area contributed by atoms with Crippen LogP contribution >= 0.6 is 0 Å². The van der Waals surface area contributed by atoms with Gasteiger partial charge in [0.05, 0.1) is 0 Å². The zero-order valence-electron chi connectivity index (χ0n) is 8.96. The van der Waals surface area contributed by atoms with E-state index >= 15 is 0 Å². The monoisotopic (exact) mass is 226 g/mol. The van der Waals surface area contributed by atoms with E-state index in [1.165, 1.54) is 17.0 Å². The molecule has 0 amide bonds. The molecule has 0 saturated heterocycles. The van der Waals surface area contributed by atoms with Crippen molar-refractivity contribution in [2.75, 3.05) is 0 Å². The number of hydrogen-bond acceptors (Lipinski definition) is 3. The fourth-order valence-electron chi connectivity index (χ4n) is 1.56. The number of hydrogen-bond donors (Lipinski definition) is 2. The number of nitrogens with zero attached hydrogens (tertiary/aromatic N) is 2. The Morgan fingerprint density at radius 1 is 1.50 bits per heavy atom. The van der Waals surface area contributed by atoms with E-state index in [-0.39, 0.29) is 6.54 Å². The first-order valence-corrected chi connectivity index (χ1v) is 5.01. The van der Waals surface area contributed by atoms with Crippen molar-refractivity contribution >= 4 is 11.9 Å². The zero-order chi connectivity index (χ0) is 12.1. The van der Waals surface area contributed by atoms with Crippen LogP contribution in [0.3, 0.4) is 0 Å². The lowest BCUT2D eigenvalue weighted by molar-refractivity contribution is -0.140. The average Bonchev–Trinajstić information content (AvgIpc) is 2.60. The first-order valence-electron chi connectivity index (χ1n) is 5.01. The number of aliphatic carboxylic acids is 2. The lowest BCUT2D eigenvalue weighted by atomic mass is 10.0. The minimum absolute atomic E-state index is 0.261. The van der Waals surface area contributed by atoms with Crippen LogP contribution in [0.15, 0.2) is 12.4 Å². The van der Waals surface area contributed by atoms with E-state index in [1.807, 2.05) is 6.92 Å². The Balaban J connectivity index is 2.95. The molecule has 1 atom stereocenters. The summed E-state index contributed by atoms with van der Waals surface area (Å²) < 4.78 is 1.36. The van der Waals surface area contributed by atoms with Gasteiger partial charge < -0.3 is 14.8 Å². The molecule has 1 aromatic rings. The van der Waals surface area contributed by atoms with Crippen LogP contribution in [0.25, 0.3) is 0 Å². The first-order chi connectivity index (χ1) is 7.56. The van der Waals surface area contributed by atoms with E-state index in [4.69, 9.17) is 10.2 Å². The normalized spacial score (nSPS) is 12.3. The van der Waals surface area contributed by atoms with Crippen molar-refractivity contribution < 1.29 is 19.8 Å². The van der Waals surface area contributed by atoms with E-state index < -0.39 is 17.9 Å². The van der Waals surface area contributed by atoms with Gasteiger partial charge in [-0.25, -0.2) is 4.98 Å². The largest absolute Gasteiger partial charge is 0.481 e. The van der Waals surface area contributed by atoms with Gasteiger partial charge in [0.15, 0.2) is 0 Å². The molecule has 6 nitrogen and oxygen atoms in total. The minimum Gasteiger partial charge on any atom is -0.481 e. The number of carboxylic acids is 2. The molecule has 2 N–H and O–H groups in total. The number of rotatable bonds is 6. The van der Waals surface area contributed by atoms with Crippen LogP contribution in [0.1, 0.15) is 31.5 Å². The summed E-state index contributed by atoms with van der Waals surface area (Å²) in [6.07, 6.45) is 4.06. The quantitative estimate of drug-likeness (QED) is 0.752. The van der Waals surface area contributed by atoms with Crippen LogP contribution in [0.4, 0.5) is 0 Å². The van der Waals surface area contributed by atoms with Crippen LogP contribution in [0, 0.1) is 0 Å². The molecule has 0 spiro atoms. The Morgan fingerprint density at radius 3 is 2.69 bits per heavy atom. The predicted octanol–water partition coefficient (Wildman–Crippen LogP) is 0.936. The maximum Gasteiger partial charge on any atom is 0.323 e. The molecular weight excluding hydrogens is 212 g/mol. The molecule has 88 valence electrons.